The maximum Gasteiger partial charge on any atom is 0.410 e. The first-order chi connectivity index (χ1) is 14.9. The van der Waals surface area contributed by atoms with Gasteiger partial charge >= 0.3 is 6.09 Å². The van der Waals surface area contributed by atoms with E-state index in [-0.39, 0.29) is 6.09 Å². The van der Waals surface area contributed by atoms with E-state index < -0.39 is 5.60 Å². The number of hydrogen-bond acceptors (Lipinski definition) is 5. The van der Waals surface area contributed by atoms with Gasteiger partial charge in [0.1, 0.15) is 11.4 Å². The second-order valence-electron chi connectivity index (χ2n) is 9.52. The number of ether oxygens (including phenoxy) is 1. The molecule has 0 N–H and O–H groups in total. The van der Waals surface area contributed by atoms with Gasteiger partial charge in [0.25, 0.3) is 0 Å². The quantitative estimate of drug-likeness (QED) is 0.727. The lowest BCUT2D eigenvalue weighted by Crippen LogP contribution is -2.50. The first-order valence-electron chi connectivity index (χ1n) is 11.4. The summed E-state index contributed by atoms with van der Waals surface area (Å²) in [6.45, 7) is 10.7. The number of hydrogen-bond donors (Lipinski definition) is 0. The van der Waals surface area contributed by atoms with E-state index in [2.05, 4.69) is 52.3 Å². The van der Waals surface area contributed by atoms with E-state index >= 15 is 0 Å². The fraction of sp³-hybridized carbons (Fsp3) is 0.520. The minimum Gasteiger partial charge on any atom is -0.444 e. The van der Waals surface area contributed by atoms with Gasteiger partial charge in [-0.2, -0.15) is 0 Å². The fourth-order valence-electron chi connectivity index (χ4n) is 4.44. The molecule has 2 aromatic rings. The number of carbonyl (C=O) groups excluding carboxylic acids is 1. The van der Waals surface area contributed by atoms with Crippen LogP contribution in [-0.2, 0) is 11.3 Å². The molecule has 3 heterocycles. The molecule has 2 fully saturated rings. The molecule has 1 aromatic carbocycles. The van der Waals surface area contributed by atoms with E-state index in [1.807, 2.05) is 27.0 Å². The molecule has 1 aromatic heterocycles. The first-order valence-corrected chi connectivity index (χ1v) is 11.4. The number of anilines is 1. The molecule has 166 valence electrons. The molecular weight excluding hydrogens is 388 g/mol. The highest BCUT2D eigenvalue weighted by Gasteiger charge is 2.28. The molecule has 31 heavy (non-hydrogen) atoms. The van der Waals surface area contributed by atoms with Gasteiger partial charge in [-0.05, 0) is 57.4 Å². The minimum absolute atomic E-state index is 0.227. The number of pyridine rings is 1. The van der Waals surface area contributed by atoms with Crippen molar-refractivity contribution in [2.45, 2.75) is 51.8 Å². The van der Waals surface area contributed by atoms with Crippen LogP contribution in [0.5, 0.6) is 0 Å². The lowest BCUT2D eigenvalue weighted by atomic mass is 10.1. The summed E-state index contributed by atoms with van der Waals surface area (Å²) < 4.78 is 5.49. The van der Waals surface area contributed by atoms with E-state index in [4.69, 9.17) is 9.72 Å². The number of aromatic nitrogens is 1. The van der Waals surface area contributed by atoms with Crippen LogP contribution in [0.3, 0.4) is 0 Å². The zero-order valence-electron chi connectivity index (χ0n) is 19.0. The molecule has 0 spiro atoms. The van der Waals surface area contributed by atoms with Crippen molar-refractivity contribution in [2.24, 2.45) is 0 Å². The molecule has 0 aliphatic carbocycles. The summed E-state index contributed by atoms with van der Waals surface area (Å²) in [5.41, 5.74) is 2.20. The summed E-state index contributed by atoms with van der Waals surface area (Å²) in [6, 6.07) is 15.5. The van der Waals surface area contributed by atoms with Gasteiger partial charge in [0.2, 0.25) is 0 Å². The number of likely N-dealkylation sites (tertiary alicyclic amines) is 1. The van der Waals surface area contributed by atoms with E-state index in [1.165, 1.54) is 24.0 Å². The summed E-state index contributed by atoms with van der Waals surface area (Å²) in [4.78, 5) is 23.7. The number of benzene rings is 1. The van der Waals surface area contributed by atoms with Crippen molar-refractivity contribution < 1.29 is 9.53 Å². The van der Waals surface area contributed by atoms with Gasteiger partial charge < -0.3 is 14.5 Å². The Hall–Kier alpha value is -2.60. The van der Waals surface area contributed by atoms with Crippen LogP contribution < -0.4 is 4.90 Å². The molecule has 2 saturated heterocycles. The minimum atomic E-state index is -0.458. The molecule has 1 unspecified atom stereocenters. The summed E-state index contributed by atoms with van der Waals surface area (Å²) in [5, 5.41) is 0. The van der Waals surface area contributed by atoms with Crippen LogP contribution >= 0.6 is 0 Å². The van der Waals surface area contributed by atoms with Crippen LogP contribution in [0.2, 0.25) is 0 Å². The van der Waals surface area contributed by atoms with Gasteiger partial charge in [0, 0.05) is 45.0 Å². The third-order valence-corrected chi connectivity index (χ3v) is 6.00. The monoisotopic (exact) mass is 422 g/mol. The topological polar surface area (TPSA) is 48.9 Å². The SMILES string of the molecule is CC(C)(C)OC(=O)N1CCN(c2ccc(C3CCCN3Cc3ccccc3)cn2)CC1. The van der Waals surface area contributed by atoms with Crippen LogP contribution in [0.25, 0.3) is 0 Å². The summed E-state index contributed by atoms with van der Waals surface area (Å²) >= 11 is 0. The number of rotatable bonds is 4. The predicted molar refractivity (Wildman–Crippen MR) is 123 cm³/mol. The van der Waals surface area contributed by atoms with Gasteiger partial charge in [0.15, 0.2) is 0 Å². The molecule has 0 radical (unpaired) electrons. The predicted octanol–water partition coefficient (Wildman–Crippen LogP) is 4.48. The lowest BCUT2D eigenvalue weighted by molar-refractivity contribution is 0.0240. The van der Waals surface area contributed by atoms with E-state index in [9.17, 15) is 4.79 Å². The van der Waals surface area contributed by atoms with Crippen molar-refractivity contribution >= 4 is 11.9 Å². The maximum atomic E-state index is 12.3. The number of amides is 1. The van der Waals surface area contributed by atoms with Crippen molar-refractivity contribution in [3.63, 3.8) is 0 Å². The molecule has 6 heteroatoms. The van der Waals surface area contributed by atoms with Gasteiger partial charge in [-0.3, -0.25) is 4.90 Å². The van der Waals surface area contributed by atoms with Crippen molar-refractivity contribution in [1.82, 2.24) is 14.8 Å². The van der Waals surface area contributed by atoms with Gasteiger partial charge in [-0.25, -0.2) is 9.78 Å². The second-order valence-corrected chi connectivity index (χ2v) is 9.52. The fourth-order valence-corrected chi connectivity index (χ4v) is 4.44. The summed E-state index contributed by atoms with van der Waals surface area (Å²) in [7, 11) is 0. The summed E-state index contributed by atoms with van der Waals surface area (Å²) in [6.07, 6.45) is 4.23. The first kappa shape index (κ1) is 21.6. The highest BCUT2D eigenvalue weighted by Crippen LogP contribution is 2.33. The molecule has 4 rings (SSSR count). The average molecular weight is 423 g/mol. The van der Waals surface area contributed by atoms with Gasteiger partial charge in [-0.15, -0.1) is 0 Å². The number of carbonyl (C=O) groups is 1. The number of piperazine rings is 1. The largest absolute Gasteiger partial charge is 0.444 e. The Morgan fingerprint density at radius 3 is 2.42 bits per heavy atom. The van der Waals surface area contributed by atoms with Gasteiger partial charge in [-0.1, -0.05) is 36.4 Å². The molecule has 1 atom stereocenters. The normalized spacial score (nSPS) is 20.2. The smallest absolute Gasteiger partial charge is 0.410 e. The average Bonchev–Trinajstić information content (AvgIpc) is 3.21. The third kappa shape index (κ3) is 5.56. The molecular formula is C25H34N4O2. The molecule has 0 bridgehead atoms. The zero-order chi connectivity index (χ0) is 21.8. The van der Waals surface area contributed by atoms with Crippen molar-refractivity contribution in [3.05, 3.63) is 59.8 Å². The highest BCUT2D eigenvalue weighted by atomic mass is 16.6. The van der Waals surface area contributed by atoms with E-state index in [0.717, 1.165) is 32.0 Å². The molecule has 0 saturated carbocycles. The Morgan fingerprint density at radius 2 is 1.77 bits per heavy atom. The van der Waals surface area contributed by atoms with E-state index in [1.54, 1.807) is 4.90 Å². The Kier molecular flexibility index (Phi) is 6.46. The van der Waals surface area contributed by atoms with Crippen molar-refractivity contribution in [2.75, 3.05) is 37.6 Å². The van der Waals surface area contributed by atoms with Gasteiger partial charge in [0.05, 0.1) is 0 Å². The zero-order valence-corrected chi connectivity index (χ0v) is 19.0. The molecule has 1 amide bonds. The Balaban J connectivity index is 1.34. The molecule has 2 aliphatic heterocycles. The van der Waals surface area contributed by atoms with Crippen LogP contribution in [0.1, 0.15) is 50.8 Å². The van der Waals surface area contributed by atoms with Crippen LogP contribution in [0.4, 0.5) is 10.6 Å². The summed E-state index contributed by atoms with van der Waals surface area (Å²) in [5.74, 6) is 0.986. The van der Waals surface area contributed by atoms with Crippen LogP contribution in [0.15, 0.2) is 48.7 Å². The molecule has 6 nitrogen and oxygen atoms in total. The van der Waals surface area contributed by atoms with Crippen LogP contribution in [-0.4, -0.2) is 59.2 Å². The van der Waals surface area contributed by atoms with Crippen molar-refractivity contribution in [3.8, 4) is 0 Å². The third-order valence-electron chi connectivity index (χ3n) is 6.00. The Morgan fingerprint density at radius 1 is 1.03 bits per heavy atom. The Bertz CT molecular complexity index is 855. The van der Waals surface area contributed by atoms with Crippen LogP contribution in [0, 0.1) is 0 Å². The second kappa shape index (κ2) is 9.27. The standard InChI is InChI=1S/C25H34N4O2/c1-25(2,3)31-24(30)28-16-14-27(15-17-28)23-12-11-21(18-26-23)22-10-7-13-29(22)19-20-8-5-4-6-9-20/h4-6,8-9,11-12,18,22H,7,10,13-17,19H2,1-3H3. The maximum absolute atomic E-state index is 12.3. The molecule has 2 aliphatic rings. The van der Waals surface area contributed by atoms with E-state index in [0.29, 0.717) is 19.1 Å². The lowest BCUT2D eigenvalue weighted by Gasteiger charge is -2.36. The number of nitrogens with zero attached hydrogens (tertiary/aromatic N) is 4. The van der Waals surface area contributed by atoms with Crippen molar-refractivity contribution in [1.29, 1.82) is 0 Å². The Labute approximate surface area is 185 Å². The highest BCUT2D eigenvalue weighted by molar-refractivity contribution is 5.68.